The first-order chi connectivity index (χ1) is 8.49. The maximum absolute atomic E-state index is 12.0. The molecule has 96 valence electrons. The van der Waals surface area contributed by atoms with E-state index in [-0.39, 0.29) is 18.0 Å². The number of hydrogen-bond acceptors (Lipinski definition) is 5. The van der Waals surface area contributed by atoms with Crippen LogP contribution in [-0.2, 0) is 6.54 Å². The summed E-state index contributed by atoms with van der Waals surface area (Å²) in [6, 6.07) is 0. The molecular weight excluding hydrogens is 347 g/mol. The van der Waals surface area contributed by atoms with Crippen molar-refractivity contribution in [2.75, 3.05) is 0 Å². The number of rotatable bonds is 3. The van der Waals surface area contributed by atoms with Crippen LogP contribution >= 0.6 is 22.6 Å². The molecule has 0 bridgehead atoms. The fourth-order valence-electron chi connectivity index (χ4n) is 1.37. The Labute approximate surface area is 118 Å². The van der Waals surface area contributed by atoms with Gasteiger partial charge in [0.05, 0.1) is 15.6 Å². The average Bonchev–Trinajstić information content (AvgIpc) is 2.79. The minimum absolute atomic E-state index is 0.0904. The monoisotopic (exact) mass is 360 g/mol. The number of aromatic nitrogens is 4. The van der Waals surface area contributed by atoms with E-state index in [9.17, 15) is 4.79 Å². The highest BCUT2D eigenvalue weighted by Gasteiger charge is 2.12. The van der Waals surface area contributed by atoms with Crippen molar-refractivity contribution in [1.82, 2.24) is 19.7 Å². The highest BCUT2D eigenvalue weighted by molar-refractivity contribution is 14.1. The standard InChI is InChI=1S/C11H13IN4O2/c1-6(2)10-14-8(18-15-10)4-16-5-13-7(3)9(12)11(16)17/h5-6H,4H2,1-3H3. The Balaban J connectivity index is 2.29. The molecule has 7 heteroatoms. The smallest absolute Gasteiger partial charge is 0.267 e. The Morgan fingerprint density at radius 1 is 1.50 bits per heavy atom. The van der Waals surface area contributed by atoms with Gasteiger partial charge in [-0.15, -0.1) is 0 Å². The molecule has 2 aromatic rings. The minimum Gasteiger partial charge on any atom is -0.337 e. The molecular formula is C11H13IN4O2. The first-order valence-corrected chi connectivity index (χ1v) is 6.61. The van der Waals surface area contributed by atoms with Crippen molar-refractivity contribution in [3.05, 3.63) is 37.7 Å². The van der Waals surface area contributed by atoms with E-state index in [2.05, 4.69) is 15.1 Å². The van der Waals surface area contributed by atoms with E-state index in [0.29, 0.717) is 15.3 Å². The van der Waals surface area contributed by atoms with Gasteiger partial charge in [0.15, 0.2) is 5.82 Å². The molecule has 0 amide bonds. The lowest BCUT2D eigenvalue weighted by molar-refractivity contribution is 0.362. The second kappa shape index (κ2) is 5.17. The van der Waals surface area contributed by atoms with Crippen LogP contribution in [0, 0.1) is 10.5 Å². The van der Waals surface area contributed by atoms with E-state index in [1.54, 1.807) is 6.92 Å². The van der Waals surface area contributed by atoms with Gasteiger partial charge in [-0.1, -0.05) is 19.0 Å². The number of hydrogen-bond donors (Lipinski definition) is 0. The normalized spacial score (nSPS) is 11.2. The van der Waals surface area contributed by atoms with Crippen molar-refractivity contribution in [2.45, 2.75) is 33.2 Å². The lowest BCUT2D eigenvalue weighted by Gasteiger charge is -2.03. The van der Waals surface area contributed by atoms with Crippen molar-refractivity contribution in [1.29, 1.82) is 0 Å². The van der Waals surface area contributed by atoms with Crippen LogP contribution < -0.4 is 5.56 Å². The lowest BCUT2D eigenvalue weighted by atomic mass is 10.2. The molecule has 2 heterocycles. The molecule has 0 aromatic carbocycles. The van der Waals surface area contributed by atoms with Crippen molar-refractivity contribution in [3.8, 4) is 0 Å². The van der Waals surface area contributed by atoms with Gasteiger partial charge in [-0.25, -0.2) is 4.98 Å². The van der Waals surface area contributed by atoms with E-state index >= 15 is 0 Å². The fraction of sp³-hybridized carbons (Fsp3) is 0.455. The molecule has 0 N–H and O–H groups in total. The van der Waals surface area contributed by atoms with E-state index in [1.807, 2.05) is 36.4 Å². The third-order valence-corrected chi connectivity index (χ3v) is 3.70. The molecule has 2 aromatic heterocycles. The van der Waals surface area contributed by atoms with Crippen LogP contribution in [0.3, 0.4) is 0 Å². The summed E-state index contributed by atoms with van der Waals surface area (Å²) in [4.78, 5) is 20.3. The SMILES string of the molecule is Cc1ncn(Cc2nc(C(C)C)no2)c(=O)c1I. The summed E-state index contributed by atoms with van der Waals surface area (Å²) in [7, 11) is 0. The molecule has 0 spiro atoms. The molecule has 0 saturated carbocycles. The largest absolute Gasteiger partial charge is 0.337 e. The molecule has 18 heavy (non-hydrogen) atoms. The summed E-state index contributed by atoms with van der Waals surface area (Å²) < 4.78 is 7.18. The zero-order valence-electron chi connectivity index (χ0n) is 10.3. The van der Waals surface area contributed by atoms with Gasteiger partial charge in [0.1, 0.15) is 6.54 Å². The highest BCUT2D eigenvalue weighted by atomic mass is 127. The zero-order chi connectivity index (χ0) is 13.3. The second-order valence-electron chi connectivity index (χ2n) is 4.28. The van der Waals surface area contributed by atoms with E-state index < -0.39 is 0 Å². The lowest BCUT2D eigenvalue weighted by Crippen LogP contribution is -2.24. The van der Waals surface area contributed by atoms with Gasteiger partial charge < -0.3 is 4.52 Å². The maximum Gasteiger partial charge on any atom is 0.267 e. The summed E-state index contributed by atoms with van der Waals surface area (Å²) in [6.45, 7) is 6.02. The molecule has 0 saturated heterocycles. The van der Waals surface area contributed by atoms with Gasteiger partial charge in [-0.05, 0) is 29.5 Å². The van der Waals surface area contributed by atoms with Crippen molar-refractivity contribution in [3.63, 3.8) is 0 Å². The quantitative estimate of drug-likeness (QED) is 0.780. The van der Waals surface area contributed by atoms with Gasteiger partial charge in [0.2, 0.25) is 5.89 Å². The van der Waals surface area contributed by atoms with Crippen LogP contribution in [0.4, 0.5) is 0 Å². The van der Waals surface area contributed by atoms with Crippen molar-refractivity contribution in [2.24, 2.45) is 0 Å². The van der Waals surface area contributed by atoms with Crippen LogP contribution in [0.25, 0.3) is 0 Å². The Morgan fingerprint density at radius 3 is 2.83 bits per heavy atom. The Hall–Kier alpha value is -1.25. The van der Waals surface area contributed by atoms with Gasteiger partial charge >= 0.3 is 0 Å². The number of nitrogens with zero attached hydrogens (tertiary/aromatic N) is 4. The maximum atomic E-state index is 12.0. The summed E-state index contributed by atoms with van der Waals surface area (Å²) >= 11 is 1.99. The van der Waals surface area contributed by atoms with Crippen LogP contribution in [0.5, 0.6) is 0 Å². The van der Waals surface area contributed by atoms with Crippen molar-refractivity contribution < 1.29 is 4.52 Å². The highest BCUT2D eigenvalue weighted by Crippen LogP contribution is 2.10. The summed E-state index contributed by atoms with van der Waals surface area (Å²) in [5, 5.41) is 3.86. The molecule has 6 nitrogen and oxygen atoms in total. The molecule has 0 atom stereocenters. The van der Waals surface area contributed by atoms with Crippen LogP contribution in [0.2, 0.25) is 0 Å². The third-order valence-electron chi connectivity index (χ3n) is 2.46. The van der Waals surface area contributed by atoms with Gasteiger partial charge in [-0.3, -0.25) is 9.36 Å². The predicted octanol–water partition coefficient (Wildman–Crippen LogP) is 1.71. The number of halogens is 1. The average molecular weight is 360 g/mol. The molecule has 2 rings (SSSR count). The fourth-order valence-corrected chi connectivity index (χ4v) is 1.82. The predicted molar refractivity (Wildman–Crippen MR) is 73.4 cm³/mol. The van der Waals surface area contributed by atoms with E-state index in [1.165, 1.54) is 10.9 Å². The number of aryl methyl sites for hydroxylation is 1. The Kier molecular flexibility index (Phi) is 3.79. The van der Waals surface area contributed by atoms with E-state index in [0.717, 1.165) is 5.69 Å². The first-order valence-electron chi connectivity index (χ1n) is 5.53. The third kappa shape index (κ3) is 2.60. The summed E-state index contributed by atoms with van der Waals surface area (Å²) in [5.74, 6) is 1.27. The topological polar surface area (TPSA) is 73.8 Å². The first kappa shape index (κ1) is 13.2. The van der Waals surface area contributed by atoms with Crippen LogP contribution in [0.15, 0.2) is 15.6 Å². The molecule has 0 radical (unpaired) electrons. The minimum atomic E-state index is -0.0904. The molecule has 0 aliphatic rings. The Bertz CT molecular complexity index is 618. The molecule has 0 aliphatic heterocycles. The second-order valence-corrected chi connectivity index (χ2v) is 5.36. The zero-order valence-corrected chi connectivity index (χ0v) is 12.5. The molecule has 0 unspecified atom stereocenters. The van der Waals surface area contributed by atoms with Gasteiger partial charge in [-0.2, -0.15) is 4.98 Å². The van der Waals surface area contributed by atoms with Gasteiger partial charge in [0.25, 0.3) is 5.56 Å². The van der Waals surface area contributed by atoms with Crippen LogP contribution in [0.1, 0.15) is 37.2 Å². The van der Waals surface area contributed by atoms with Crippen molar-refractivity contribution >= 4 is 22.6 Å². The van der Waals surface area contributed by atoms with Gasteiger partial charge in [0, 0.05) is 5.92 Å². The van der Waals surface area contributed by atoms with Crippen LogP contribution in [-0.4, -0.2) is 19.7 Å². The Morgan fingerprint density at radius 2 is 2.22 bits per heavy atom. The molecule has 0 fully saturated rings. The molecule has 0 aliphatic carbocycles. The summed E-state index contributed by atoms with van der Waals surface area (Å²) in [5.41, 5.74) is 0.637. The summed E-state index contributed by atoms with van der Waals surface area (Å²) in [6.07, 6.45) is 1.50. The van der Waals surface area contributed by atoms with E-state index in [4.69, 9.17) is 4.52 Å².